The van der Waals surface area contributed by atoms with Gasteiger partial charge in [-0.15, -0.1) is 0 Å². The molecule has 0 spiro atoms. The number of nitrogens with two attached hydrogens (primary N) is 1. The lowest BCUT2D eigenvalue weighted by Gasteiger charge is -2.19. The highest BCUT2D eigenvalue weighted by atomic mass is 31.2. The Balaban J connectivity index is 3.98. The first-order valence-corrected chi connectivity index (χ1v) is 32.8. The molecular formula is C69H114NO8P. The van der Waals surface area contributed by atoms with Crippen LogP contribution in [0.3, 0.4) is 0 Å². The normalized spacial score (nSPS) is 14.0. The molecular weight excluding hydrogens is 1000 g/mol. The molecule has 79 heavy (non-hydrogen) atoms. The van der Waals surface area contributed by atoms with Crippen LogP contribution in [0.1, 0.15) is 245 Å². The van der Waals surface area contributed by atoms with Crippen molar-refractivity contribution in [3.8, 4) is 0 Å². The molecule has 3 N–H and O–H groups in total. The zero-order valence-electron chi connectivity index (χ0n) is 50.0. The molecule has 0 bridgehead atoms. The second kappa shape index (κ2) is 63.1. The van der Waals surface area contributed by atoms with Gasteiger partial charge in [-0.1, -0.05) is 256 Å². The molecule has 0 saturated heterocycles. The molecule has 0 aromatic carbocycles. The van der Waals surface area contributed by atoms with E-state index in [9.17, 15) is 19.0 Å². The van der Waals surface area contributed by atoms with E-state index >= 15 is 0 Å². The Labute approximate surface area is 484 Å². The number of allylic oxidation sites excluding steroid dienone is 24. The number of hydrogen-bond acceptors (Lipinski definition) is 8. The molecule has 10 heteroatoms. The Bertz CT molecular complexity index is 1800. The third kappa shape index (κ3) is 62.9. The Morgan fingerprint density at radius 1 is 0.392 bits per heavy atom. The Morgan fingerprint density at radius 3 is 1.04 bits per heavy atom. The van der Waals surface area contributed by atoms with Gasteiger partial charge in [0.05, 0.1) is 13.2 Å². The third-order valence-electron chi connectivity index (χ3n) is 12.7. The first-order valence-electron chi connectivity index (χ1n) is 31.3. The maximum atomic E-state index is 12.7. The van der Waals surface area contributed by atoms with Crippen molar-refractivity contribution < 1.29 is 37.6 Å². The monoisotopic (exact) mass is 1120 g/mol. The highest BCUT2D eigenvalue weighted by molar-refractivity contribution is 7.47. The van der Waals surface area contributed by atoms with Crippen LogP contribution in [0.4, 0.5) is 0 Å². The van der Waals surface area contributed by atoms with Crippen LogP contribution >= 0.6 is 7.82 Å². The number of unbranched alkanes of at least 4 members (excludes halogenated alkanes) is 20. The fraction of sp³-hybridized carbons (Fsp3) is 0.623. The van der Waals surface area contributed by atoms with Gasteiger partial charge >= 0.3 is 19.8 Å². The molecule has 0 heterocycles. The van der Waals surface area contributed by atoms with Crippen LogP contribution in [0.25, 0.3) is 0 Å². The van der Waals surface area contributed by atoms with Gasteiger partial charge in [0.25, 0.3) is 0 Å². The zero-order chi connectivity index (χ0) is 57.3. The number of carbonyl (C=O) groups is 2. The number of phosphoric ester groups is 1. The van der Waals surface area contributed by atoms with Gasteiger partial charge in [0.2, 0.25) is 0 Å². The summed E-state index contributed by atoms with van der Waals surface area (Å²) in [6.45, 7) is 3.57. The summed E-state index contributed by atoms with van der Waals surface area (Å²) in [5.41, 5.74) is 5.38. The predicted molar refractivity (Wildman–Crippen MR) is 339 cm³/mol. The van der Waals surface area contributed by atoms with E-state index in [4.69, 9.17) is 24.3 Å². The van der Waals surface area contributed by atoms with Crippen molar-refractivity contribution in [1.82, 2.24) is 0 Å². The first kappa shape index (κ1) is 74.9. The molecule has 0 aliphatic rings. The fourth-order valence-corrected chi connectivity index (χ4v) is 8.87. The van der Waals surface area contributed by atoms with Crippen LogP contribution in [0, 0.1) is 0 Å². The number of rotatable bonds is 57. The topological polar surface area (TPSA) is 134 Å². The summed E-state index contributed by atoms with van der Waals surface area (Å²) in [6, 6.07) is 0. The maximum Gasteiger partial charge on any atom is 0.472 e. The molecule has 0 aliphatic carbocycles. The lowest BCUT2D eigenvalue weighted by molar-refractivity contribution is -0.161. The SMILES string of the molecule is CC/C=C\C/C=C\C/C=C\C/C=C\C/C=C\C/C=C\C/C=C\C/C=C\C/C=C\CCCCCCCCCCCCCC(=O)OC(COC(=O)CCCCCCCC/C=C\C/C=C\C/C=C\CCCCC)COP(=O)(O)OCCN. The highest BCUT2D eigenvalue weighted by Crippen LogP contribution is 2.43. The van der Waals surface area contributed by atoms with Crippen LogP contribution in [-0.4, -0.2) is 49.3 Å². The van der Waals surface area contributed by atoms with Crippen molar-refractivity contribution in [3.63, 3.8) is 0 Å². The summed E-state index contributed by atoms with van der Waals surface area (Å²) >= 11 is 0. The smallest absolute Gasteiger partial charge is 0.462 e. The molecule has 0 aromatic rings. The van der Waals surface area contributed by atoms with Gasteiger partial charge in [-0.2, -0.15) is 0 Å². The largest absolute Gasteiger partial charge is 0.472 e. The van der Waals surface area contributed by atoms with Crippen molar-refractivity contribution in [3.05, 3.63) is 146 Å². The summed E-state index contributed by atoms with van der Waals surface area (Å²) in [4.78, 5) is 35.2. The number of phosphoric acid groups is 1. The van der Waals surface area contributed by atoms with Gasteiger partial charge in [0, 0.05) is 19.4 Å². The van der Waals surface area contributed by atoms with Crippen LogP contribution in [0.5, 0.6) is 0 Å². The summed E-state index contributed by atoms with van der Waals surface area (Å²) in [6.07, 6.45) is 90.5. The van der Waals surface area contributed by atoms with Gasteiger partial charge in [-0.3, -0.25) is 18.6 Å². The lowest BCUT2D eigenvalue weighted by Crippen LogP contribution is -2.29. The Hall–Kier alpha value is -4.11. The quantitative estimate of drug-likeness (QED) is 0.0264. The standard InChI is InChI=1S/C69H114NO8P/c1-3-5-7-9-11-13-15-17-19-21-23-24-25-26-27-28-29-30-31-32-33-34-35-36-37-38-39-40-41-42-44-46-48-50-52-54-56-58-60-62-69(72)78-67(66-77-79(73,74)76-64-63-70)65-75-68(71)61-59-57-55-53-51-49-47-45-43-22-20-18-16-14-12-10-8-6-4-2/h5,7,11-14,17-20,23-24,26-27,29-30,32-33,35-36,38-39,43,45,67H,3-4,6,8-10,15-16,21-22,25,28,31,34,37,40-42,44,46-66,70H2,1-2H3,(H,73,74)/b7-5-,13-11-,14-12-,19-17-,20-18-,24-23-,27-26-,30-29-,33-32-,36-35-,39-38-,45-43-. The molecule has 0 fully saturated rings. The van der Waals surface area contributed by atoms with E-state index in [0.717, 1.165) is 135 Å². The van der Waals surface area contributed by atoms with Crippen LogP contribution in [0.15, 0.2) is 146 Å². The minimum absolute atomic E-state index is 0.0443. The summed E-state index contributed by atoms with van der Waals surface area (Å²) < 4.78 is 33.0. The van der Waals surface area contributed by atoms with Crippen LogP contribution < -0.4 is 5.73 Å². The van der Waals surface area contributed by atoms with Gasteiger partial charge in [0.1, 0.15) is 6.61 Å². The van der Waals surface area contributed by atoms with Crippen molar-refractivity contribution in [2.24, 2.45) is 5.73 Å². The van der Waals surface area contributed by atoms with E-state index in [1.54, 1.807) is 0 Å². The molecule has 0 radical (unpaired) electrons. The van der Waals surface area contributed by atoms with Crippen molar-refractivity contribution in [1.29, 1.82) is 0 Å². The number of hydrogen-bond donors (Lipinski definition) is 2. The highest BCUT2D eigenvalue weighted by Gasteiger charge is 2.26. The molecule has 0 amide bonds. The van der Waals surface area contributed by atoms with E-state index in [1.807, 2.05) is 0 Å². The van der Waals surface area contributed by atoms with Crippen molar-refractivity contribution in [2.45, 2.75) is 251 Å². The average molecular weight is 1120 g/mol. The van der Waals surface area contributed by atoms with Crippen molar-refractivity contribution in [2.75, 3.05) is 26.4 Å². The summed E-state index contributed by atoms with van der Waals surface area (Å²) in [7, 11) is -4.40. The van der Waals surface area contributed by atoms with Gasteiger partial charge in [-0.05, 0) is 122 Å². The van der Waals surface area contributed by atoms with Crippen LogP contribution in [-0.2, 0) is 32.7 Å². The number of carbonyl (C=O) groups excluding carboxylic acids is 2. The van der Waals surface area contributed by atoms with E-state index in [-0.39, 0.29) is 32.6 Å². The number of esters is 2. The van der Waals surface area contributed by atoms with E-state index in [0.29, 0.717) is 12.8 Å². The molecule has 2 atom stereocenters. The van der Waals surface area contributed by atoms with Crippen LogP contribution in [0.2, 0.25) is 0 Å². The minimum atomic E-state index is -4.40. The fourth-order valence-electron chi connectivity index (χ4n) is 8.11. The average Bonchev–Trinajstić information content (AvgIpc) is 3.44. The van der Waals surface area contributed by atoms with E-state index in [1.165, 1.54) is 70.6 Å². The first-order chi connectivity index (χ1) is 38.8. The lowest BCUT2D eigenvalue weighted by atomic mass is 10.0. The molecule has 0 aromatic heterocycles. The minimum Gasteiger partial charge on any atom is -0.462 e. The summed E-state index contributed by atoms with van der Waals surface area (Å²) in [5.74, 6) is -0.852. The zero-order valence-corrected chi connectivity index (χ0v) is 50.9. The number of ether oxygens (including phenoxy) is 2. The predicted octanol–water partition coefficient (Wildman–Crippen LogP) is 20.3. The summed E-state index contributed by atoms with van der Waals surface area (Å²) in [5, 5.41) is 0. The second-order valence-corrected chi connectivity index (χ2v) is 21.6. The van der Waals surface area contributed by atoms with Gasteiger partial charge < -0.3 is 20.1 Å². The van der Waals surface area contributed by atoms with E-state index < -0.39 is 32.5 Å². The molecule has 448 valence electrons. The third-order valence-corrected chi connectivity index (χ3v) is 13.7. The Kier molecular flexibility index (Phi) is 59.8. The molecule has 0 saturated carbocycles. The molecule has 0 aliphatic heterocycles. The van der Waals surface area contributed by atoms with E-state index in [2.05, 4.69) is 160 Å². The molecule has 9 nitrogen and oxygen atoms in total. The van der Waals surface area contributed by atoms with Gasteiger partial charge in [0.15, 0.2) is 6.10 Å². The molecule has 2 unspecified atom stereocenters. The maximum absolute atomic E-state index is 12.7. The van der Waals surface area contributed by atoms with Crippen molar-refractivity contribution >= 4 is 19.8 Å². The Morgan fingerprint density at radius 2 is 0.696 bits per heavy atom. The molecule has 0 rings (SSSR count). The second-order valence-electron chi connectivity index (χ2n) is 20.2. The van der Waals surface area contributed by atoms with Gasteiger partial charge in [-0.25, -0.2) is 4.57 Å².